The van der Waals surface area contributed by atoms with E-state index in [9.17, 15) is 0 Å². The molecule has 4 heterocycles. The molecule has 3 aromatic rings. The second kappa shape index (κ2) is 6.32. The molecule has 2 aliphatic heterocycles. The van der Waals surface area contributed by atoms with Crippen LogP contribution in [0.1, 0.15) is 48.3 Å². The van der Waals surface area contributed by atoms with Gasteiger partial charge in [-0.15, -0.1) is 0 Å². The average molecular weight is 346 g/mol. The van der Waals surface area contributed by atoms with Gasteiger partial charge < -0.3 is 4.52 Å². The summed E-state index contributed by atoms with van der Waals surface area (Å²) in [5.74, 6) is 1.76. The van der Waals surface area contributed by atoms with E-state index in [0.717, 1.165) is 30.0 Å². The van der Waals surface area contributed by atoms with Gasteiger partial charge in [-0.25, -0.2) is 0 Å². The fourth-order valence-electron chi connectivity index (χ4n) is 4.65. The van der Waals surface area contributed by atoms with E-state index in [-0.39, 0.29) is 0 Å². The van der Waals surface area contributed by atoms with E-state index < -0.39 is 0 Å². The van der Waals surface area contributed by atoms with Crippen molar-refractivity contribution >= 4 is 0 Å². The number of aromatic nitrogens is 3. The number of benzene rings is 1. The zero-order valence-corrected chi connectivity index (χ0v) is 14.9. The summed E-state index contributed by atoms with van der Waals surface area (Å²) >= 11 is 0. The van der Waals surface area contributed by atoms with Crippen LogP contribution in [0.4, 0.5) is 0 Å². The molecule has 2 aromatic heterocycles. The number of hydrogen-bond acceptors (Lipinski definition) is 5. The SMILES string of the molecule is Cc1ncccc1-c1nc([C@H]2C[C@@H](c3ccccc3)N3CCC[C@H]23)no1. The number of fused-ring (bicyclic) bond motifs is 1. The number of rotatable bonds is 3. The zero-order valence-electron chi connectivity index (χ0n) is 14.9. The van der Waals surface area contributed by atoms with Gasteiger partial charge >= 0.3 is 0 Å². The van der Waals surface area contributed by atoms with Crippen LogP contribution in [0.3, 0.4) is 0 Å². The number of pyridine rings is 1. The Morgan fingerprint density at radius 2 is 2.00 bits per heavy atom. The Morgan fingerprint density at radius 1 is 1.12 bits per heavy atom. The van der Waals surface area contributed by atoms with Crippen LogP contribution in [-0.4, -0.2) is 32.6 Å². The van der Waals surface area contributed by atoms with E-state index in [0.29, 0.717) is 23.9 Å². The van der Waals surface area contributed by atoms with Gasteiger partial charge in [0.25, 0.3) is 5.89 Å². The second-order valence-corrected chi connectivity index (χ2v) is 7.31. The van der Waals surface area contributed by atoms with E-state index >= 15 is 0 Å². The van der Waals surface area contributed by atoms with Gasteiger partial charge in [0.05, 0.1) is 5.56 Å². The van der Waals surface area contributed by atoms with Crippen LogP contribution in [-0.2, 0) is 0 Å². The van der Waals surface area contributed by atoms with Crippen molar-refractivity contribution in [2.45, 2.75) is 44.2 Å². The average Bonchev–Trinajstić information content (AvgIpc) is 3.39. The van der Waals surface area contributed by atoms with Gasteiger partial charge in [0.2, 0.25) is 0 Å². The summed E-state index contributed by atoms with van der Waals surface area (Å²) in [6, 6.07) is 15.7. The molecule has 132 valence electrons. The Labute approximate surface area is 153 Å². The highest BCUT2D eigenvalue weighted by Gasteiger charge is 2.46. The normalized spacial score (nSPS) is 25.5. The van der Waals surface area contributed by atoms with E-state index in [1.807, 2.05) is 19.1 Å². The minimum Gasteiger partial charge on any atom is -0.334 e. The molecule has 0 unspecified atom stereocenters. The molecule has 0 radical (unpaired) electrons. The van der Waals surface area contributed by atoms with Gasteiger partial charge in [0.1, 0.15) is 0 Å². The van der Waals surface area contributed by atoms with Crippen molar-refractivity contribution in [1.82, 2.24) is 20.0 Å². The Morgan fingerprint density at radius 3 is 2.85 bits per heavy atom. The van der Waals surface area contributed by atoms with Crippen molar-refractivity contribution in [3.63, 3.8) is 0 Å². The van der Waals surface area contributed by atoms with Gasteiger partial charge in [0, 0.05) is 29.9 Å². The molecule has 5 heteroatoms. The fraction of sp³-hybridized carbons (Fsp3) is 0.381. The van der Waals surface area contributed by atoms with Gasteiger partial charge in [-0.1, -0.05) is 35.5 Å². The molecule has 0 saturated carbocycles. The summed E-state index contributed by atoms with van der Waals surface area (Å²) < 4.78 is 5.61. The molecular formula is C21H22N4O. The molecular weight excluding hydrogens is 324 g/mol. The highest BCUT2D eigenvalue weighted by Crippen LogP contribution is 2.48. The predicted molar refractivity (Wildman–Crippen MR) is 98.5 cm³/mol. The third-order valence-corrected chi connectivity index (χ3v) is 5.88. The lowest BCUT2D eigenvalue weighted by atomic mass is 9.94. The minimum atomic E-state index is 0.331. The van der Waals surface area contributed by atoms with Crippen molar-refractivity contribution in [3.05, 3.63) is 65.7 Å². The Hall–Kier alpha value is -2.53. The van der Waals surface area contributed by atoms with Crippen LogP contribution < -0.4 is 0 Å². The minimum absolute atomic E-state index is 0.331. The van der Waals surface area contributed by atoms with Crippen molar-refractivity contribution in [2.24, 2.45) is 0 Å². The van der Waals surface area contributed by atoms with Crippen LogP contribution in [0.2, 0.25) is 0 Å². The van der Waals surface area contributed by atoms with Gasteiger partial charge in [-0.3, -0.25) is 9.88 Å². The molecule has 0 aliphatic carbocycles. The molecule has 2 aliphatic rings. The molecule has 0 spiro atoms. The molecule has 0 N–H and O–H groups in total. The first-order chi connectivity index (χ1) is 12.8. The number of aryl methyl sites for hydroxylation is 1. The van der Waals surface area contributed by atoms with Crippen molar-refractivity contribution in [3.8, 4) is 11.5 Å². The van der Waals surface area contributed by atoms with Gasteiger partial charge in [0.15, 0.2) is 5.82 Å². The van der Waals surface area contributed by atoms with Crippen molar-refractivity contribution in [2.75, 3.05) is 6.54 Å². The van der Waals surface area contributed by atoms with Gasteiger partial charge in [-0.2, -0.15) is 4.98 Å². The largest absolute Gasteiger partial charge is 0.334 e. The van der Waals surface area contributed by atoms with Crippen LogP contribution in [0.15, 0.2) is 53.2 Å². The maximum absolute atomic E-state index is 5.61. The molecule has 2 fully saturated rings. The molecule has 0 bridgehead atoms. The first-order valence-electron chi connectivity index (χ1n) is 9.37. The summed E-state index contributed by atoms with van der Waals surface area (Å²) in [6.45, 7) is 3.13. The Balaban J connectivity index is 1.46. The monoisotopic (exact) mass is 346 g/mol. The molecule has 26 heavy (non-hydrogen) atoms. The lowest BCUT2D eigenvalue weighted by Crippen LogP contribution is -2.27. The summed E-state index contributed by atoms with van der Waals surface area (Å²) in [6.07, 6.45) is 5.30. The van der Waals surface area contributed by atoms with E-state index in [1.165, 1.54) is 18.4 Å². The van der Waals surface area contributed by atoms with Crippen molar-refractivity contribution in [1.29, 1.82) is 0 Å². The van der Waals surface area contributed by atoms with Crippen LogP contribution in [0.25, 0.3) is 11.5 Å². The first-order valence-corrected chi connectivity index (χ1v) is 9.37. The molecule has 2 saturated heterocycles. The van der Waals surface area contributed by atoms with E-state index in [1.54, 1.807) is 6.20 Å². The number of nitrogens with zero attached hydrogens (tertiary/aromatic N) is 4. The maximum Gasteiger partial charge on any atom is 0.259 e. The summed E-state index contributed by atoms with van der Waals surface area (Å²) in [4.78, 5) is 11.7. The van der Waals surface area contributed by atoms with Crippen LogP contribution in [0.5, 0.6) is 0 Å². The standard InChI is InChI=1S/C21H22N4O/c1-14-16(9-5-11-22-14)21-23-20(24-26-21)17-13-19(15-7-3-2-4-8-15)25-12-6-10-18(17)25/h2-5,7-9,11,17-19H,6,10,12-13H2,1H3/t17-,18+,19-/m0/s1. The Bertz CT molecular complexity index is 907. The summed E-state index contributed by atoms with van der Waals surface area (Å²) in [7, 11) is 0. The lowest BCUT2D eigenvalue weighted by molar-refractivity contribution is 0.243. The summed E-state index contributed by atoms with van der Waals surface area (Å²) in [5.41, 5.74) is 3.24. The smallest absolute Gasteiger partial charge is 0.259 e. The molecule has 1 aromatic carbocycles. The maximum atomic E-state index is 5.61. The van der Waals surface area contributed by atoms with Gasteiger partial charge in [-0.05, 0) is 50.4 Å². The van der Waals surface area contributed by atoms with Crippen LogP contribution >= 0.6 is 0 Å². The van der Waals surface area contributed by atoms with E-state index in [2.05, 4.69) is 45.4 Å². The zero-order chi connectivity index (χ0) is 17.5. The second-order valence-electron chi connectivity index (χ2n) is 7.31. The van der Waals surface area contributed by atoms with Crippen LogP contribution in [0, 0.1) is 6.92 Å². The highest BCUT2D eigenvalue weighted by atomic mass is 16.5. The number of hydrogen-bond donors (Lipinski definition) is 0. The highest BCUT2D eigenvalue weighted by molar-refractivity contribution is 5.55. The Kier molecular flexibility index (Phi) is 3.82. The first kappa shape index (κ1) is 15.7. The fourth-order valence-corrected chi connectivity index (χ4v) is 4.65. The topological polar surface area (TPSA) is 55.1 Å². The predicted octanol–water partition coefficient (Wildman–Crippen LogP) is 4.13. The molecule has 5 rings (SSSR count). The molecule has 5 nitrogen and oxygen atoms in total. The van der Waals surface area contributed by atoms with E-state index in [4.69, 9.17) is 9.51 Å². The van der Waals surface area contributed by atoms with Crippen molar-refractivity contribution < 1.29 is 4.52 Å². The molecule has 3 atom stereocenters. The third kappa shape index (κ3) is 2.54. The quantitative estimate of drug-likeness (QED) is 0.713. The molecule has 0 amide bonds. The lowest BCUT2D eigenvalue weighted by Gasteiger charge is -2.24. The third-order valence-electron chi connectivity index (χ3n) is 5.88. The summed E-state index contributed by atoms with van der Waals surface area (Å²) in [5, 5.41) is 4.36.